The molecule has 0 saturated carbocycles. The van der Waals surface area contributed by atoms with Crippen LogP contribution in [-0.4, -0.2) is 6.79 Å². The molecule has 0 saturated heterocycles. The monoisotopic (exact) mass is 281 g/mol. The lowest BCUT2D eigenvalue weighted by atomic mass is 10.2. The highest BCUT2D eigenvalue weighted by Gasteiger charge is 2.17. The molecule has 0 radical (unpaired) electrons. The third-order valence-electron chi connectivity index (χ3n) is 2.70. The van der Waals surface area contributed by atoms with Crippen molar-refractivity contribution in [3.63, 3.8) is 0 Å². The van der Waals surface area contributed by atoms with E-state index in [4.69, 9.17) is 21.1 Å². The molecule has 18 heavy (non-hydrogen) atoms. The lowest BCUT2D eigenvalue weighted by Crippen LogP contribution is -2.11. The van der Waals surface area contributed by atoms with Crippen molar-refractivity contribution >= 4 is 22.9 Å². The summed E-state index contributed by atoms with van der Waals surface area (Å²) in [5.74, 6) is 1.38. The summed E-state index contributed by atoms with van der Waals surface area (Å²) in [4.78, 5) is 1.32. The molecule has 1 N–H and O–H groups in total. The van der Waals surface area contributed by atoms with Gasteiger partial charge in [-0.2, -0.15) is 0 Å². The number of benzene rings is 1. The van der Waals surface area contributed by atoms with E-state index in [1.165, 1.54) is 4.88 Å². The van der Waals surface area contributed by atoms with E-state index >= 15 is 0 Å². The summed E-state index contributed by atoms with van der Waals surface area (Å²) >= 11 is 7.87. The number of hydrogen-bond acceptors (Lipinski definition) is 4. The Morgan fingerprint density at radius 1 is 1.28 bits per heavy atom. The quantitative estimate of drug-likeness (QED) is 0.931. The minimum Gasteiger partial charge on any atom is -0.454 e. The van der Waals surface area contributed by atoms with E-state index in [1.54, 1.807) is 11.3 Å². The molecule has 2 heterocycles. The molecule has 1 aliphatic rings. The number of nitrogens with one attached hydrogen (secondary N) is 1. The summed E-state index contributed by atoms with van der Waals surface area (Å²) in [7, 11) is 0. The van der Waals surface area contributed by atoms with Crippen LogP contribution < -0.4 is 14.8 Å². The van der Waals surface area contributed by atoms with Gasteiger partial charge in [-0.25, -0.2) is 0 Å². The lowest BCUT2D eigenvalue weighted by molar-refractivity contribution is 0.174. The number of hydrogen-bond donors (Lipinski definition) is 1. The molecule has 3 nitrogen and oxygen atoms in total. The number of rotatable bonds is 4. The highest BCUT2D eigenvalue weighted by atomic mass is 35.5. The van der Waals surface area contributed by atoms with Gasteiger partial charge in [0, 0.05) is 18.0 Å². The van der Waals surface area contributed by atoms with Gasteiger partial charge in [0.05, 0.1) is 5.02 Å². The van der Waals surface area contributed by atoms with Gasteiger partial charge in [-0.1, -0.05) is 17.7 Å². The van der Waals surface area contributed by atoms with Crippen LogP contribution in [0.25, 0.3) is 0 Å². The first-order chi connectivity index (χ1) is 8.83. The maximum absolute atomic E-state index is 6.12. The van der Waals surface area contributed by atoms with Crippen molar-refractivity contribution in [2.75, 3.05) is 6.79 Å². The smallest absolute Gasteiger partial charge is 0.231 e. The van der Waals surface area contributed by atoms with E-state index in [2.05, 4.69) is 22.8 Å². The Balaban J connectivity index is 1.65. The van der Waals surface area contributed by atoms with Crippen LogP contribution in [0.5, 0.6) is 11.5 Å². The van der Waals surface area contributed by atoms with Crippen LogP contribution in [0.15, 0.2) is 29.6 Å². The predicted molar refractivity (Wildman–Crippen MR) is 72.4 cm³/mol. The Kier molecular flexibility index (Phi) is 3.41. The minimum atomic E-state index is 0.251. The van der Waals surface area contributed by atoms with Gasteiger partial charge in [-0.05, 0) is 29.1 Å². The highest BCUT2D eigenvalue weighted by Crippen LogP contribution is 2.39. The molecule has 0 bridgehead atoms. The SMILES string of the molecule is Clc1cc(CNCc2cccs2)cc2c1OCO2. The Morgan fingerprint density at radius 3 is 3.06 bits per heavy atom. The maximum Gasteiger partial charge on any atom is 0.231 e. The van der Waals surface area contributed by atoms with Crippen LogP contribution in [0, 0.1) is 0 Å². The molecule has 1 aromatic heterocycles. The van der Waals surface area contributed by atoms with Gasteiger partial charge >= 0.3 is 0 Å². The Bertz CT molecular complexity index is 542. The summed E-state index contributed by atoms with van der Waals surface area (Å²) in [6, 6.07) is 8.05. The van der Waals surface area contributed by atoms with E-state index in [9.17, 15) is 0 Å². The van der Waals surface area contributed by atoms with Gasteiger partial charge in [0.25, 0.3) is 0 Å². The molecule has 5 heteroatoms. The Hall–Kier alpha value is -1.23. The van der Waals surface area contributed by atoms with E-state index in [1.807, 2.05) is 12.1 Å². The zero-order valence-corrected chi connectivity index (χ0v) is 11.2. The van der Waals surface area contributed by atoms with Crippen molar-refractivity contribution in [1.82, 2.24) is 5.32 Å². The lowest BCUT2D eigenvalue weighted by Gasteiger charge is -2.06. The van der Waals surface area contributed by atoms with E-state index in [0.29, 0.717) is 10.8 Å². The molecule has 0 atom stereocenters. The van der Waals surface area contributed by atoms with Crippen LogP contribution in [0.1, 0.15) is 10.4 Å². The van der Waals surface area contributed by atoms with Gasteiger partial charge in [0.15, 0.2) is 11.5 Å². The topological polar surface area (TPSA) is 30.5 Å². The van der Waals surface area contributed by atoms with Gasteiger partial charge in [-0.3, -0.25) is 0 Å². The molecule has 0 spiro atoms. The van der Waals surface area contributed by atoms with Gasteiger partial charge in [0.2, 0.25) is 6.79 Å². The summed E-state index contributed by atoms with van der Waals surface area (Å²) < 4.78 is 10.6. The van der Waals surface area contributed by atoms with Crippen LogP contribution in [0.3, 0.4) is 0 Å². The van der Waals surface area contributed by atoms with Crippen LogP contribution in [0.2, 0.25) is 5.02 Å². The number of ether oxygens (including phenoxy) is 2. The van der Waals surface area contributed by atoms with Crippen molar-refractivity contribution in [3.8, 4) is 11.5 Å². The summed E-state index contributed by atoms with van der Waals surface area (Å²) in [5, 5.41) is 6.06. The Labute approximate surface area is 114 Å². The fourth-order valence-electron chi connectivity index (χ4n) is 1.87. The van der Waals surface area contributed by atoms with Gasteiger partial charge < -0.3 is 14.8 Å². The molecule has 0 unspecified atom stereocenters. The Morgan fingerprint density at radius 2 is 2.22 bits per heavy atom. The molecule has 0 aliphatic carbocycles. The molecule has 2 aromatic rings. The van der Waals surface area contributed by atoms with E-state index in [0.717, 1.165) is 24.4 Å². The van der Waals surface area contributed by atoms with Crippen LogP contribution >= 0.6 is 22.9 Å². The third kappa shape index (κ3) is 2.46. The predicted octanol–water partition coefficient (Wildman–Crippen LogP) is 3.42. The van der Waals surface area contributed by atoms with Crippen LogP contribution in [0.4, 0.5) is 0 Å². The fourth-order valence-corrected chi connectivity index (χ4v) is 2.83. The first-order valence-electron chi connectivity index (χ1n) is 5.64. The second-order valence-electron chi connectivity index (χ2n) is 3.99. The average Bonchev–Trinajstić information content (AvgIpc) is 2.99. The fraction of sp³-hybridized carbons (Fsp3) is 0.231. The summed E-state index contributed by atoms with van der Waals surface area (Å²) in [5.41, 5.74) is 1.10. The summed E-state index contributed by atoms with van der Waals surface area (Å²) in [6.45, 7) is 1.87. The first kappa shape index (κ1) is 11.8. The van der Waals surface area contributed by atoms with Crippen molar-refractivity contribution in [1.29, 1.82) is 0 Å². The molecule has 1 aromatic carbocycles. The van der Waals surface area contributed by atoms with Crippen molar-refractivity contribution in [2.24, 2.45) is 0 Å². The molecule has 1 aliphatic heterocycles. The summed E-state index contributed by atoms with van der Waals surface area (Å²) in [6.07, 6.45) is 0. The zero-order chi connectivity index (χ0) is 12.4. The second kappa shape index (κ2) is 5.18. The zero-order valence-electron chi connectivity index (χ0n) is 9.61. The van der Waals surface area contributed by atoms with Crippen molar-refractivity contribution < 1.29 is 9.47 Å². The number of thiophene rings is 1. The normalized spacial score (nSPS) is 12.9. The second-order valence-corrected chi connectivity index (χ2v) is 5.43. The van der Waals surface area contributed by atoms with Crippen molar-refractivity contribution in [3.05, 3.63) is 45.1 Å². The van der Waals surface area contributed by atoms with E-state index < -0.39 is 0 Å². The highest BCUT2D eigenvalue weighted by molar-refractivity contribution is 7.09. The first-order valence-corrected chi connectivity index (χ1v) is 6.90. The van der Waals surface area contributed by atoms with E-state index in [-0.39, 0.29) is 6.79 Å². The number of fused-ring (bicyclic) bond motifs is 1. The minimum absolute atomic E-state index is 0.251. The molecule has 0 amide bonds. The standard InChI is InChI=1S/C13H12ClNO2S/c14-11-4-9(5-12-13(11)17-8-16-12)6-15-7-10-2-1-3-18-10/h1-5,15H,6-8H2. The largest absolute Gasteiger partial charge is 0.454 e. The molecule has 0 fully saturated rings. The van der Waals surface area contributed by atoms with Crippen LogP contribution in [-0.2, 0) is 13.1 Å². The molecular weight excluding hydrogens is 270 g/mol. The maximum atomic E-state index is 6.12. The molecular formula is C13H12ClNO2S. The average molecular weight is 282 g/mol. The van der Waals surface area contributed by atoms with Gasteiger partial charge in [0.1, 0.15) is 0 Å². The molecule has 3 rings (SSSR count). The number of halogens is 1. The van der Waals surface area contributed by atoms with Gasteiger partial charge in [-0.15, -0.1) is 11.3 Å². The van der Waals surface area contributed by atoms with Crippen molar-refractivity contribution in [2.45, 2.75) is 13.1 Å². The third-order valence-corrected chi connectivity index (χ3v) is 3.85. The molecule has 94 valence electrons.